The Kier molecular flexibility index (Phi) is 1.72. The van der Waals surface area contributed by atoms with Crippen molar-refractivity contribution < 1.29 is 24.9 Å². The summed E-state index contributed by atoms with van der Waals surface area (Å²) in [5, 5.41) is -0.0640. The molecule has 20 heavy (non-hydrogen) atoms. The SMILES string of the molecule is [2H]N(C([2H])([2H])[2H])S(=O)(=O)Cc1ccc2c(c1)c(C([2H])([2H])C([2H])([2H])N(C)C([2H])([2H])[2H])cn2[2H]. The van der Waals surface area contributed by atoms with Crippen molar-refractivity contribution in [3.8, 4) is 0 Å². The van der Waals surface area contributed by atoms with Crippen molar-refractivity contribution in [2.24, 2.45) is 0 Å². The molecule has 0 fully saturated rings. The molecule has 1 aromatic carbocycles. The molecule has 0 aliphatic heterocycles. The molecule has 0 radical (unpaired) electrons. The van der Waals surface area contributed by atoms with Gasteiger partial charge in [0.25, 0.3) is 0 Å². The van der Waals surface area contributed by atoms with E-state index < -0.39 is 52.9 Å². The summed E-state index contributed by atoms with van der Waals surface area (Å²) in [4.78, 5) is 0.973. The summed E-state index contributed by atoms with van der Waals surface area (Å²) in [6, 6.07) is 3.66. The van der Waals surface area contributed by atoms with Crippen molar-refractivity contribution in [3.63, 3.8) is 0 Å². The quantitative estimate of drug-likeness (QED) is 0.846. The van der Waals surface area contributed by atoms with Crippen molar-refractivity contribution in [3.05, 3.63) is 35.5 Å². The van der Waals surface area contributed by atoms with Gasteiger partial charge < -0.3 is 9.88 Å². The molecule has 0 saturated heterocycles. The number of nitrogens with zero attached hydrogens (tertiary/aromatic N) is 1. The molecule has 1 heterocycles. The van der Waals surface area contributed by atoms with E-state index in [2.05, 4.69) is 0 Å². The van der Waals surface area contributed by atoms with E-state index in [0.29, 0.717) is 0 Å². The maximum atomic E-state index is 12.3. The highest BCUT2D eigenvalue weighted by molar-refractivity contribution is 7.88. The lowest BCUT2D eigenvalue weighted by molar-refractivity contribution is 0.414. The van der Waals surface area contributed by atoms with Gasteiger partial charge in [0.05, 0.1) is 5.75 Å². The molecule has 5 nitrogen and oxygen atoms in total. The van der Waals surface area contributed by atoms with Crippen LogP contribution < -0.4 is 4.72 Å². The van der Waals surface area contributed by atoms with Gasteiger partial charge in [-0.25, -0.2) is 13.1 Å². The Labute approximate surface area is 137 Å². The van der Waals surface area contributed by atoms with Crippen LogP contribution in [0.5, 0.6) is 0 Å². The molecule has 2 N–H and O–H groups in total. The number of aromatic amines is 1. The van der Waals surface area contributed by atoms with Crippen LogP contribution in [-0.2, 0) is 22.1 Å². The summed E-state index contributed by atoms with van der Waals surface area (Å²) >= 11 is 0. The first-order chi connectivity index (χ1) is 14.1. The number of hydrogen-bond donors (Lipinski definition) is 2. The van der Waals surface area contributed by atoms with Crippen LogP contribution in [0, 0.1) is 0 Å². The summed E-state index contributed by atoms with van der Waals surface area (Å²) < 4.78 is 116. The van der Waals surface area contributed by atoms with Crippen LogP contribution in [0.2, 0.25) is 2.82 Å². The number of benzene rings is 1. The smallest absolute Gasteiger partial charge is 0.215 e. The third kappa shape index (κ3) is 3.59. The predicted molar refractivity (Wildman–Crippen MR) is 82.2 cm³/mol. The average Bonchev–Trinajstić information content (AvgIpc) is 2.95. The van der Waals surface area contributed by atoms with E-state index in [4.69, 9.17) is 16.5 Å². The van der Waals surface area contributed by atoms with Crippen molar-refractivity contribution in [2.75, 3.05) is 27.5 Å². The second-order valence-electron chi connectivity index (χ2n) is 4.14. The lowest BCUT2D eigenvalue weighted by Gasteiger charge is -2.08. The van der Waals surface area contributed by atoms with Crippen LogP contribution in [0.1, 0.15) is 24.8 Å². The van der Waals surface area contributed by atoms with Crippen molar-refractivity contribution in [2.45, 2.75) is 12.1 Å². The molecule has 1 aromatic heterocycles. The number of hydrogen-bond acceptors (Lipinski definition) is 3. The summed E-state index contributed by atoms with van der Waals surface area (Å²) in [7, 11) is -3.72. The summed E-state index contributed by atoms with van der Waals surface area (Å²) in [6.07, 6.45) is -2.01. The Morgan fingerprint density at radius 3 is 3.20 bits per heavy atom. The number of H-pyrrole nitrogens is 1. The van der Waals surface area contributed by atoms with E-state index in [-0.39, 0.29) is 21.4 Å². The van der Waals surface area contributed by atoms with Gasteiger partial charge in [-0.15, -0.1) is 0 Å². The Balaban J connectivity index is 2.61. The van der Waals surface area contributed by atoms with Crippen LogP contribution in [0.25, 0.3) is 10.9 Å². The fraction of sp³-hybridized carbons (Fsp3) is 0.429. The van der Waals surface area contributed by atoms with E-state index in [1.54, 1.807) is 0 Å². The molecule has 0 amide bonds. The lowest BCUT2D eigenvalue weighted by Crippen LogP contribution is -2.20. The van der Waals surface area contributed by atoms with Gasteiger partial charge in [-0.1, -0.05) is 6.07 Å². The van der Waals surface area contributed by atoms with Gasteiger partial charge >= 0.3 is 0 Å². The Bertz CT molecular complexity index is 1110. The molecule has 0 unspecified atom stereocenters. The fourth-order valence-corrected chi connectivity index (χ4v) is 2.36. The van der Waals surface area contributed by atoms with Gasteiger partial charge in [0.15, 0.2) is 1.41 Å². The van der Waals surface area contributed by atoms with Crippen molar-refractivity contribution in [1.82, 2.24) is 14.6 Å². The Morgan fingerprint density at radius 2 is 2.45 bits per heavy atom. The zero-order valence-corrected chi connectivity index (χ0v) is 11.4. The summed E-state index contributed by atoms with van der Waals surface area (Å²) in [5.41, 5.74) is -0.357. The molecule has 0 aliphatic rings. The molecule has 6 heteroatoms. The van der Waals surface area contributed by atoms with Gasteiger partial charge in [-0.2, -0.15) is 0 Å². The predicted octanol–water partition coefficient (Wildman–Crippen LogP) is 1.32. The molecule has 0 saturated carbocycles. The minimum Gasteiger partial charge on any atom is -0.361 e. The molecular formula is C14H21N3O2S. The number of aryl methyl sites for hydroxylation is 1. The fourth-order valence-electron chi connectivity index (χ4n) is 1.69. The first kappa shape index (κ1) is 5.79. The van der Waals surface area contributed by atoms with Crippen molar-refractivity contribution >= 4 is 20.9 Å². The molecule has 2 aromatic rings. The number of nitrogens with one attached hydrogen (secondary N) is 2. The largest absolute Gasteiger partial charge is 0.361 e. The molecule has 0 bridgehead atoms. The third-order valence-electron chi connectivity index (χ3n) is 2.53. The zero-order chi connectivity index (χ0) is 25.1. The van der Waals surface area contributed by atoms with E-state index in [0.717, 1.165) is 24.3 Å². The van der Waals surface area contributed by atoms with Gasteiger partial charge in [0.2, 0.25) is 10.0 Å². The maximum Gasteiger partial charge on any atom is 0.215 e. The van der Waals surface area contributed by atoms with Gasteiger partial charge in [0.1, 0.15) is 1.41 Å². The van der Waals surface area contributed by atoms with E-state index in [1.807, 2.05) is 0 Å². The number of sulfonamides is 1. The van der Waals surface area contributed by atoms with E-state index in [1.165, 1.54) is 12.1 Å². The molecule has 110 valence electrons. The Morgan fingerprint density at radius 1 is 1.60 bits per heavy atom. The van der Waals surface area contributed by atoms with Crippen LogP contribution >= 0.6 is 0 Å². The highest BCUT2D eigenvalue weighted by atomic mass is 32.2. The van der Waals surface area contributed by atoms with Crippen LogP contribution in [0.3, 0.4) is 0 Å². The normalized spacial score (nSPS) is 24.1. The van der Waals surface area contributed by atoms with Crippen LogP contribution in [0.4, 0.5) is 0 Å². The number of fused-ring (bicyclic) bond motifs is 1. The van der Waals surface area contributed by atoms with Crippen LogP contribution in [0.15, 0.2) is 24.4 Å². The van der Waals surface area contributed by atoms with E-state index >= 15 is 0 Å². The lowest BCUT2D eigenvalue weighted by atomic mass is 10.1. The van der Waals surface area contributed by atoms with Gasteiger partial charge in [-0.05, 0) is 50.6 Å². The standard InChI is InChI=1S/C14H21N3O2S/c1-15-20(18,19)10-11-4-5-14-13(8-11)12(9-16-14)6-7-17(2)3/h4-5,8-9,15-16H,6-7,10H2,1-3H3/i1D3,2D3,6D2,7D2/hD2. The minimum atomic E-state index is -4.61. The first-order valence-corrected chi connectivity index (χ1v) is 7.14. The maximum absolute atomic E-state index is 12.3. The third-order valence-corrected chi connectivity index (χ3v) is 3.51. The first-order valence-electron chi connectivity index (χ1n) is 11.4. The number of rotatable bonds is 6. The second kappa shape index (κ2) is 5.95. The number of aromatic nitrogens is 1. The highest BCUT2D eigenvalue weighted by Gasteiger charge is 2.11. The topological polar surface area (TPSA) is 65.2 Å². The molecule has 0 spiro atoms. The van der Waals surface area contributed by atoms with Gasteiger partial charge in [0, 0.05) is 37.3 Å². The summed E-state index contributed by atoms with van der Waals surface area (Å²) in [6.45, 7) is -9.26. The average molecular weight is 307 g/mol. The highest BCUT2D eigenvalue weighted by Crippen LogP contribution is 2.21. The van der Waals surface area contributed by atoms with Crippen LogP contribution in [-0.4, -0.2) is 45.8 Å². The number of likely N-dealkylation sites (N-methyl/N-ethyl adjacent to an activating group) is 1. The Hall–Kier alpha value is -1.37. The van der Waals surface area contributed by atoms with Gasteiger partial charge in [-0.3, -0.25) is 0 Å². The molecule has 0 atom stereocenters. The summed E-state index contributed by atoms with van der Waals surface area (Å²) in [5.74, 6) is -0.918. The second-order valence-corrected chi connectivity index (χ2v) is 5.77. The minimum absolute atomic E-state index is 0.0352. The molecule has 0 aliphatic carbocycles. The van der Waals surface area contributed by atoms with E-state index in [9.17, 15) is 8.42 Å². The van der Waals surface area contributed by atoms with Crippen molar-refractivity contribution in [1.29, 1.82) is 0 Å². The molecule has 2 rings (SSSR count). The monoisotopic (exact) mass is 307 g/mol. The zero-order valence-electron chi connectivity index (χ0n) is 22.6. The molecular weight excluding hydrogens is 274 g/mol.